The third-order valence-electron chi connectivity index (χ3n) is 3.57. The maximum atomic E-state index is 13.3. The summed E-state index contributed by atoms with van der Waals surface area (Å²) in [7, 11) is 0. The molecule has 0 saturated heterocycles. The van der Waals surface area contributed by atoms with Crippen molar-refractivity contribution < 1.29 is 22.4 Å². The summed E-state index contributed by atoms with van der Waals surface area (Å²) in [6.45, 7) is -0.478. The fourth-order valence-corrected chi connectivity index (χ4v) is 2.37. The number of hydrogen-bond donors (Lipinski definition) is 1. The van der Waals surface area contributed by atoms with Crippen LogP contribution < -0.4 is 10.9 Å². The number of carbonyl (C=O) groups excluding carboxylic acids is 1. The maximum absolute atomic E-state index is 13.3. The third kappa shape index (κ3) is 3.71. The number of alkyl halides is 3. The van der Waals surface area contributed by atoms with E-state index in [4.69, 9.17) is 0 Å². The molecule has 2 aromatic carbocycles. The van der Waals surface area contributed by atoms with E-state index in [1.165, 1.54) is 12.1 Å². The van der Waals surface area contributed by atoms with E-state index in [-0.39, 0.29) is 16.6 Å². The Kier molecular flexibility index (Phi) is 4.45. The number of benzene rings is 2. The number of fused-ring (bicyclic) bond motifs is 1. The first kappa shape index (κ1) is 17.6. The number of nitrogens with one attached hydrogen (secondary N) is 1. The van der Waals surface area contributed by atoms with Crippen LogP contribution in [0, 0.1) is 5.82 Å². The van der Waals surface area contributed by atoms with Crippen molar-refractivity contribution in [2.45, 2.75) is 12.7 Å². The molecule has 0 radical (unpaired) electrons. The van der Waals surface area contributed by atoms with E-state index in [0.29, 0.717) is 0 Å². The Bertz CT molecular complexity index is 1040. The van der Waals surface area contributed by atoms with Gasteiger partial charge in [-0.2, -0.15) is 13.2 Å². The van der Waals surface area contributed by atoms with Crippen LogP contribution in [0.2, 0.25) is 0 Å². The number of hydrogen-bond acceptors (Lipinski definition) is 3. The Hall–Kier alpha value is -3.23. The molecular formula is C17H11F4N3O2. The number of halogens is 4. The van der Waals surface area contributed by atoms with E-state index in [0.717, 1.165) is 41.2 Å². The highest BCUT2D eigenvalue weighted by molar-refractivity contribution is 5.90. The average Bonchev–Trinajstić information content (AvgIpc) is 2.57. The van der Waals surface area contributed by atoms with Gasteiger partial charge in [-0.15, -0.1) is 0 Å². The minimum absolute atomic E-state index is 0.000584. The van der Waals surface area contributed by atoms with Gasteiger partial charge in [-0.3, -0.25) is 14.2 Å². The van der Waals surface area contributed by atoms with Gasteiger partial charge in [-0.1, -0.05) is 6.07 Å². The number of aromatic nitrogens is 2. The van der Waals surface area contributed by atoms with E-state index in [1.807, 2.05) is 0 Å². The largest absolute Gasteiger partial charge is 0.416 e. The van der Waals surface area contributed by atoms with Crippen LogP contribution >= 0.6 is 0 Å². The smallest absolute Gasteiger partial charge is 0.325 e. The molecule has 0 saturated carbocycles. The van der Waals surface area contributed by atoms with Gasteiger partial charge in [-0.25, -0.2) is 9.37 Å². The summed E-state index contributed by atoms with van der Waals surface area (Å²) in [5.41, 5.74) is -1.33. The van der Waals surface area contributed by atoms with Crippen LogP contribution in [-0.2, 0) is 17.5 Å². The zero-order chi connectivity index (χ0) is 18.9. The van der Waals surface area contributed by atoms with E-state index < -0.39 is 35.6 Å². The molecule has 1 aromatic heterocycles. The normalized spacial score (nSPS) is 11.5. The topological polar surface area (TPSA) is 64.0 Å². The van der Waals surface area contributed by atoms with Crippen molar-refractivity contribution in [2.75, 3.05) is 5.32 Å². The Morgan fingerprint density at radius 3 is 2.65 bits per heavy atom. The van der Waals surface area contributed by atoms with Gasteiger partial charge in [0.25, 0.3) is 5.56 Å². The summed E-state index contributed by atoms with van der Waals surface area (Å²) in [4.78, 5) is 28.3. The van der Waals surface area contributed by atoms with Gasteiger partial charge in [0.15, 0.2) is 0 Å². The molecular weight excluding hydrogens is 354 g/mol. The molecule has 0 unspecified atom stereocenters. The van der Waals surface area contributed by atoms with Crippen LogP contribution in [-0.4, -0.2) is 15.5 Å². The lowest BCUT2D eigenvalue weighted by molar-refractivity contribution is -0.137. The summed E-state index contributed by atoms with van der Waals surface area (Å²) in [5.74, 6) is -1.34. The highest BCUT2D eigenvalue weighted by atomic mass is 19.4. The van der Waals surface area contributed by atoms with E-state index in [1.54, 1.807) is 0 Å². The van der Waals surface area contributed by atoms with E-state index in [2.05, 4.69) is 10.3 Å². The van der Waals surface area contributed by atoms with Gasteiger partial charge in [0.05, 0.1) is 22.8 Å². The lowest BCUT2D eigenvalue weighted by Crippen LogP contribution is -2.28. The molecule has 3 aromatic rings. The molecule has 0 atom stereocenters. The second-order valence-corrected chi connectivity index (χ2v) is 5.47. The summed E-state index contributed by atoms with van der Waals surface area (Å²) in [5, 5.41) is 2.29. The molecule has 134 valence electrons. The van der Waals surface area contributed by atoms with Crippen LogP contribution in [0.4, 0.5) is 23.2 Å². The highest BCUT2D eigenvalue weighted by Crippen LogP contribution is 2.30. The molecule has 1 heterocycles. The summed E-state index contributed by atoms with van der Waals surface area (Å²) in [6.07, 6.45) is -3.42. The molecule has 9 heteroatoms. The van der Waals surface area contributed by atoms with E-state index >= 15 is 0 Å². The zero-order valence-electron chi connectivity index (χ0n) is 13.0. The quantitative estimate of drug-likeness (QED) is 0.725. The Labute approximate surface area is 143 Å². The minimum atomic E-state index is -4.54. The molecule has 5 nitrogen and oxygen atoms in total. The van der Waals surface area contributed by atoms with Gasteiger partial charge in [0.2, 0.25) is 5.91 Å². The average molecular weight is 365 g/mol. The predicted octanol–water partition coefficient (Wildman–Crippen LogP) is 3.19. The van der Waals surface area contributed by atoms with Crippen molar-refractivity contribution in [3.05, 3.63) is 70.5 Å². The predicted molar refractivity (Wildman–Crippen MR) is 86.0 cm³/mol. The first-order valence-corrected chi connectivity index (χ1v) is 7.36. The first-order chi connectivity index (χ1) is 12.2. The van der Waals surface area contributed by atoms with Crippen molar-refractivity contribution in [1.29, 1.82) is 0 Å². The number of carbonyl (C=O) groups is 1. The monoisotopic (exact) mass is 365 g/mol. The molecule has 0 bridgehead atoms. The van der Waals surface area contributed by atoms with Gasteiger partial charge in [-0.05, 0) is 36.4 Å². The molecule has 1 amide bonds. The minimum Gasteiger partial charge on any atom is -0.325 e. The second kappa shape index (κ2) is 6.58. The SMILES string of the molecule is O=C(Cn1cnc2ccc(F)cc2c1=O)Nc1cccc(C(F)(F)F)c1. The molecule has 26 heavy (non-hydrogen) atoms. The summed E-state index contributed by atoms with van der Waals surface area (Å²) < 4.78 is 52.3. The zero-order valence-corrected chi connectivity index (χ0v) is 13.0. The molecule has 1 N–H and O–H groups in total. The van der Waals surface area contributed by atoms with Crippen LogP contribution in [0.5, 0.6) is 0 Å². The third-order valence-corrected chi connectivity index (χ3v) is 3.57. The van der Waals surface area contributed by atoms with Crippen molar-refractivity contribution in [1.82, 2.24) is 9.55 Å². The lowest BCUT2D eigenvalue weighted by atomic mass is 10.2. The Morgan fingerprint density at radius 2 is 1.92 bits per heavy atom. The Morgan fingerprint density at radius 1 is 1.15 bits per heavy atom. The van der Waals surface area contributed by atoms with Gasteiger partial charge < -0.3 is 5.32 Å². The van der Waals surface area contributed by atoms with Crippen molar-refractivity contribution in [3.8, 4) is 0 Å². The standard InChI is InChI=1S/C17H11F4N3O2/c18-11-4-5-14-13(7-11)16(26)24(9-22-14)8-15(25)23-12-3-1-2-10(6-12)17(19,20)21/h1-7,9H,8H2,(H,23,25). The first-order valence-electron chi connectivity index (χ1n) is 7.36. The van der Waals surface area contributed by atoms with Crippen molar-refractivity contribution in [2.24, 2.45) is 0 Å². The molecule has 0 spiro atoms. The van der Waals surface area contributed by atoms with Gasteiger partial charge in [0, 0.05) is 5.69 Å². The van der Waals surface area contributed by atoms with Crippen LogP contribution in [0.3, 0.4) is 0 Å². The Balaban J connectivity index is 1.82. The number of nitrogens with zero attached hydrogens (tertiary/aromatic N) is 2. The van der Waals surface area contributed by atoms with Crippen molar-refractivity contribution >= 4 is 22.5 Å². The number of anilines is 1. The van der Waals surface area contributed by atoms with Crippen LogP contribution in [0.25, 0.3) is 10.9 Å². The maximum Gasteiger partial charge on any atom is 0.416 e. The van der Waals surface area contributed by atoms with Gasteiger partial charge in [0.1, 0.15) is 12.4 Å². The molecule has 0 aliphatic rings. The summed E-state index contributed by atoms with van der Waals surface area (Å²) in [6, 6.07) is 7.61. The molecule has 3 rings (SSSR count). The molecule has 0 aliphatic heterocycles. The number of rotatable bonds is 3. The van der Waals surface area contributed by atoms with Crippen molar-refractivity contribution in [3.63, 3.8) is 0 Å². The summed E-state index contributed by atoms with van der Waals surface area (Å²) >= 11 is 0. The highest BCUT2D eigenvalue weighted by Gasteiger charge is 2.30. The lowest BCUT2D eigenvalue weighted by Gasteiger charge is -2.11. The van der Waals surface area contributed by atoms with Gasteiger partial charge >= 0.3 is 6.18 Å². The van der Waals surface area contributed by atoms with Crippen LogP contribution in [0.1, 0.15) is 5.56 Å². The fourth-order valence-electron chi connectivity index (χ4n) is 2.37. The van der Waals surface area contributed by atoms with E-state index in [9.17, 15) is 27.2 Å². The number of amides is 1. The van der Waals surface area contributed by atoms with Crippen LogP contribution in [0.15, 0.2) is 53.6 Å². The molecule has 0 aliphatic carbocycles. The molecule has 0 fully saturated rings. The fraction of sp³-hybridized carbons (Fsp3) is 0.118. The second-order valence-electron chi connectivity index (χ2n) is 5.47.